The predicted molar refractivity (Wildman–Crippen MR) is 132 cm³/mol. The van der Waals surface area contributed by atoms with Gasteiger partial charge in [0.05, 0.1) is 23.8 Å². The predicted octanol–water partition coefficient (Wildman–Crippen LogP) is 6.30. The first-order valence-corrected chi connectivity index (χ1v) is 11.2. The Morgan fingerprint density at radius 2 is 1.67 bits per heavy atom. The van der Waals surface area contributed by atoms with Crippen LogP contribution in [-0.4, -0.2) is 23.6 Å². The Hall–Kier alpha value is -4.07. The van der Waals surface area contributed by atoms with Gasteiger partial charge >= 0.3 is 12.1 Å². The molecule has 4 rings (SSSR count). The van der Waals surface area contributed by atoms with Crippen LogP contribution in [0.5, 0.6) is 0 Å². The molecule has 0 radical (unpaired) electrons. The van der Waals surface area contributed by atoms with E-state index in [0.29, 0.717) is 5.56 Å². The van der Waals surface area contributed by atoms with Crippen molar-refractivity contribution in [2.45, 2.75) is 33.9 Å². The lowest BCUT2D eigenvalue weighted by Gasteiger charge is -2.19. The molecule has 1 aliphatic heterocycles. The fourth-order valence-corrected chi connectivity index (χ4v) is 4.59. The second-order valence-corrected chi connectivity index (χ2v) is 8.65. The van der Waals surface area contributed by atoms with Gasteiger partial charge in [-0.25, -0.2) is 4.79 Å². The van der Waals surface area contributed by atoms with E-state index in [9.17, 15) is 22.8 Å². The molecular weight excluding hydrogens is 469 g/mol. The molecule has 1 amide bonds. The first kappa shape index (κ1) is 25.0. The molecule has 8 heteroatoms. The van der Waals surface area contributed by atoms with E-state index in [2.05, 4.69) is 4.57 Å². The second-order valence-electron chi connectivity index (χ2n) is 8.65. The molecule has 0 fully saturated rings. The summed E-state index contributed by atoms with van der Waals surface area (Å²) < 4.78 is 46.9. The highest BCUT2D eigenvalue weighted by Gasteiger charge is 2.39. The summed E-state index contributed by atoms with van der Waals surface area (Å²) in [5.41, 5.74) is 3.93. The van der Waals surface area contributed by atoms with Crippen LogP contribution in [0.1, 0.15) is 35.0 Å². The van der Waals surface area contributed by atoms with Crippen molar-refractivity contribution in [3.8, 4) is 5.69 Å². The molecule has 0 N–H and O–H groups in total. The van der Waals surface area contributed by atoms with Crippen LogP contribution in [0.4, 0.5) is 18.9 Å². The Bertz CT molecular complexity index is 1440. The van der Waals surface area contributed by atoms with Crippen LogP contribution in [0.15, 0.2) is 71.4 Å². The number of carbonyl (C=O) groups excluding carboxylic acids is 2. The van der Waals surface area contributed by atoms with Gasteiger partial charge in [-0.1, -0.05) is 24.3 Å². The van der Waals surface area contributed by atoms with Gasteiger partial charge in [0.25, 0.3) is 5.91 Å². The lowest BCUT2D eigenvalue weighted by atomic mass is 10.0. The van der Waals surface area contributed by atoms with Crippen molar-refractivity contribution in [1.82, 2.24) is 4.57 Å². The lowest BCUT2D eigenvalue weighted by molar-refractivity contribution is -0.137. The molecule has 0 spiro atoms. The Morgan fingerprint density at radius 3 is 2.31 bits per heavy atom. The number of benzene rings is 2. The fourth-order valence-electron chi connectivity index (χ4n) is 4.59. The molecule has 0 bridgehead atoms. The molecule has 0 saturated heterocycles. The number of esters is 1. The molecule has 36 heavy (non-hydrogen) atoms. The third-order valence-corrected chi connectivity index (χ3v) is 6.35. The van der Waals surface area contributed by atoms with E-state index in [1.165, 1.54) is 26.2 Å². The van der Waals surface area contributed by atoms with Crippen molar-refractivity contribution in [3.63, 3.8) is 0 Å². The summed E-state index contributed by atoms with van der Waals surface area (Å²) in [4.78, 5) is 27.4. The van der Waals surface area contributed by atoms with Crippen LogP contribution in [-0.2, 0) is 20.5 Å². The van der Waals surface area contributed by atoms with Crippen LogP contribution < -0.4 is 4.90 Å². The zero-order valence-electron chi connectivity index (χ0n) is 20.5. The summed E-state index contributed by atoms with van der Waals surface area (Å²) in [5.74, 6) is -1.35. The van der Waals surface area contributed by atoms with E-state index in [1.54, 1.807) is 6.08 Å². The van der Waals surface area contributed by atoms with Gasteiger partial charge in [0.15, 0.2) is 0 Å². The standard InChI is InChI=1S/C28H25F3N2O3/c1-16-9-6-7-12-24(16)32-17(2)13-20(18(32)3)14-23-25(27(35)36-5)19(4)33(26(23)34)22-11-8-10-21(15-22)28(29,30)31/h6-15H,1-5H3/b23-14-. The van der Waals surface area contributed by atoms with Gasteiger partial charge in [-0.05, 0) is 75.2 Å². The van der Waals surface area contributed by atoms with E-state index in [0.717, 1.165) is 39.7 Å². The van der Waals surface area contributed by atoms with E-state index < -0.39 is 23.6 Å². The number of anilines is 1. The molecule has 0 saturated carbocycles. The molecule has 2 heterocycles. The van der Waals surface area contributed by atoms with Crippen molar-refractivity contribution in [2.75, 3.05) is 12.0 Å². The monoisotopic (exact) mass is 494 g/mol. The largest absolute Gasteiger partial charge is 0.465 e. The lowest BCUT2D eigenvalue weighted by Crippen LogP contribution is -2.25. The number of halogens is 3. The van der Waals surface area contributed by atoms with Crippen molar-refractivity contribution in [2.24, 2.45) is 0 Å². The molecule has 0 atom stereocenters. The maximum Gasteiger partial charge on any atom is 0.416 e. The summed E-state index contributed by atoms with van der Waals surface area (Å²) in [7, 11) is 1.20. The summed E-state index contributed by atoms with van der Waals surface area (Å²) >= 11 is 0. The topological polar surface area (TPSA) is 51.5 Å². The number of alkyl halides is 3. The number of para-hydroxylation sites is 1. The highest BCUT2D eigenvalue weighted by atomic mass is 19.4. The summed E-state index contributed by atoms with van der Waals surface area (Å²) in [5, 5.41) is 0. The van der Waals surface area contributed by atoms with Gasteiger partial charge in [-0.15, -0.1) is 0 Å². The fraction of sp³-hybridized carbons (Fsp3) is 0.214. The van der Waals surface area contributed by atoms with Gasteiger partial charge in [0.1, 0.15) is 0 Å². The van der Waals surface area contributed by atoms with Crippen molar-refractivity contribution < 1.29 is 27.5 Å². The number of aromatic nitrogens is 1. The Labute approximate surface area is 207 Å². The van der Waals surface area contributed by atoms with Gasteiger partial charge in [-0.2, -0.15) is 13.2 Å². The normalized spacial score (nSPS) is 15.3. The van der Waals surface area contributed by atoms with Gasteiger partial charge < -0.3 is 9.30 Å². The smallest absolute Gasteiger partial charge is 0.416 e. The molecule has 0 unspecified atom stereocenters. The molecular formula is C28H25F3N2O3. The minimum Gasteiger partial charge on any atom is -0.465 e. The van der Waals surface area contributed by atoms with Crippen molar-refractivity contribution >= 4 is 23.6 Å². The average molecular weight is 495 g/mol. The third kappa shape index (κ3) is 4.23. The summed E-state index contributed by atoms with van der Waals surface area (Å²) in [6.07, 6.45) is -2.98. The molecule has 2 aromatic carbocycles. The van der Waals surface area contributed by atoms with Crippen molar-refractivity contribution in [3.05, 3.63) is 99.5 Å². The van der Waals surface area contributed by atoms with Crippen LogP contribution in [0.25, 0.3) is 11.8 Å². The maximum absolute atomic E-state index is 13.6. The second kappa shape index (κ2) is 9.18. The van der Waals surface area contributed by atoms with Gasteiger partial charge in [0, 0.05) is 28.5 Å². The number of carbonyl (C=O) groups is 2. The molecule has 0 aliphatic carbocycles. The Morgan fingerprint density at radius 1 is 0.972 bits per heavy atom. The van der Waals surface area contributed by atoms with E-state index >= 15 is 0 Å². The summed E-state index contributed by atoms with van der Waals surface area (Å²) in [6, 6.07) is 14.2. The third-order valence-electron chi connectivity index (χ3n) is 6.35. The number of methoxy groups -OCH3 is 1. The zero-order chi connectivity index (χ0) is 26.4. The Balaban J connectivity index is 1.86. The number of allylic oxidation sites excluding steroid dienone is 1. The highest BCUT2D eigenvalue weighted by molar-refractivity contribution is 6.23. The highest BCUT2D eigenvalue weighted by Crippen LogP contribution is 2.38. The number of hydrogen-bond donors (Lipinski definition) is 0. The first-order valence-electron chi connectivity index (χ1n) is 11.2. The number of amides is 1. The molecule has 1 aromatic heterocycles. The molecule has 5 nitrogen and oxygen atoms in total. The van der Waals surface area contributed by atoms with Gasteiger partial charge in [0.2, 0.25) is 0 Å². The number of hydrogen-bond acceptors (Lipinski definition) is 3. The van der Waals surface area contributed by atoms with E-state index in [4.69, 9.17) is 4.74 Å². The first-order chi connectivity index (χ1) is 17.0. The van der Waals surface area contributed by atoms with E-state index in [-0.39, 0.29) is 22.5 Å². The molecule has 3 aromatic rings. The SMILES string of the molecule is COC(=O)C1=C(C)N(c2cccc(C(F)(F)F)c2)C(=O)/C1=C\c1cc(C)n(-c2ccccc2C)c1C. The van der Waals surface area contributed by atoms with E-state index in [1.807, 2.05) is 51.1 Å². The van der Waals surface area contributed by atoms with Crippen LogP contribution in [0.2, 0.25) is 0 Å². The maximum atomic E-state index is 13.6. The number of rotatable bonds is 4. The molecule has 186 valence electrons. The quantitative estimate of drug-likeness (QED) is 0.316. The Kier molecular flexibility index (Phi) is 6.39. The summed E-state index contributed by atoms with van der Waals surface area (Å²) in [6.45, 7) is 7.36. The number of nitrogens with zero attached hydrogens (tertiary/aromatic N) is 2. The number of aryl methyl sites for hydroxylation is 2. The minimum atomic E-state index is -4.58. The van der Waals surface area contributed by atoms with Crippen LogP contribution in [0, 0.1) is 20.8 Å². The minimum absolute atomic E-state index is 0.0145. The molecule has 1 aliphatic rings. The number of ether oxygens (including phenoxy) is 1. The average Bonchev–Trinajstić information content (AvgIpc) is 3.24. The van der Waals surface area contributed by atoms with Gasteiger partial charge in [-0.3, -0.25) is 9.69 Å². The van der Waals surface area contributed by atoms with Crippen molar-refractivity contribution in [1.29, 1.82) is 0 Å². The van der Waals surface area contributed by atoms with Crippen LogP contribution >= 0.6 is 0 Å². The van der Waals surface area contributed by atoms with Crippen LogP contribution in [0.3, 0.4) is 0 Å². The zero-order valence-corrected chi connectivity index (χ0v) is 20.5.